The highest BCUT2D eigenvalue weighted by Crippen LogP contribution is 2.42. The summed E-state index contributed by atoms with van der Waals surface area (Å²) in [6, 6.07) is 11.0. The zero-order chi connectivity index (χ0) is 27.7. The number of aromatic nitrogens is 1. The highest BCUT2D eigenvalue weighted by atomic mass is 19.1. The Kier molecular flexibility index (Phi) is 7.41. The zero-order valence-corrected chi connectivity index (χ0v) is 22.0. The maximum absolute atomic E-state index is 14.4. The van der Waals surface area contributed by atoms with Crippen molar-refractivity contribution in [2.45, 2.75) is 44.6 Å². The van der Waals surface area contributed by atoms with Crippen LogP contribution in [0.5, 0.6) is 11.5 Å². The highest BCUT2D eigenvalue weighted by Gasteiger charge is 2.29. The Hall–Kier alpha value is -4.14. The van der Waals surface area contributed by atoms with Crippen molar-refractivity contribution in [2.24, 2.45) is 5.73 Å². The third-order valence-electron chi connectivity index (χ3n) is 6.90. The van der Waals surface area contributed by atoms with E-state index in [1.54, 1.807) is 37.3 Å². The molecule has 0 radical (unpaired) electrons. The van der Waals surface area contributed by atoms with Crippen molar-refractivity contribution in [3.05, 3.63) is 76.4 Å². The molecule has 2 unspecified atom stereocenters. The standard InChI is InChI=1S/C30H32F2N4O3/c1-16-15-38-29-24(16)12-25(36-28(29)18-3-5-22(32)6-4-18)21(13-31)14-35-30(37)20-10-19(9-17(2)33)27(34)26(11-20)39-23-7-8-23/h3-6,9-12,16,21,23H,7-8,13-15,33-34H2,1-2H3,(H,35,37)/b17-9-. The molecule has 1 aliphatic carbocycles. The molecule has 0 spiro atoms. The molecule has 5 rings (SSSR count). The fourth-order valence-corrected chi connectivity index (χ4v) is 4.57. The van der Waals surface area contributed by atoms with Gasteiger partial charge in [-0.05, 0) is 68.3 Å². The number of pyridine rings is 1. The Balaban J connectivity index is 1.41. The minimum atomic E-state index is -0.734. The van der Waals surface area contributed by atoms with Gasteiger partial charge in [-0.1, -0.05) is 6.92 Å². The van der Waals surface area contributed by atoms with Crippen molar-refractivity contribution in [2.75, 3.05) is 25.6 Å². The van der Waals surface area contributed by atoms with Gasteiger partial charge < -0.3 is 26.3 Å². The molecule has 1 aliphatic heterocycles. The molecule has 3 aromatic rings. The first-order valence-electron chi connectivity index (χ1n) is 13.0. The first kappa shape index (κ1) is 26.5. The molecular formula is C30H32F2N4O3. The van der Waals surface area contributed by atoms with Crippen molar-refractivity contribution in [3.8, 4) is 22.8 Å². The molecule has 1 amide bonds. The van der Waals surface area contributed by atoms with Gasteiger partial charge in [0.05, 0.1) is 25.1 Å². The Bertz CT molecular complexity index is 1420. The van der Waals surface area contributed by atoms with E-state index in [4.69, 9.17) is 25.9 Å². The van der Waals surface area contributed by atoms with E-state index in [1.807, 2.05) is 13.0 Å². The van der Waals surface area contributed by atoms with Gasteiger partial charge in [0.1, 0.15) is 23.0 Å². The summed E-state index contributed by atoms with van der Waals surface area (Å²) in [6.45, 7) is 3.52. The van der Waals surface area contributed by atoms with Crippen molar-refractivity contribution in [1.29, 1.82) is 0 Å². The van der Waals surface area contributed by atoms with Gasteiger partial charge in [-0.25, -0.2) is 9.37 Å². The summed E-state index contributed by atoms with van der Waals surface area (Å²) >= 11 is 0. The number of anilines is 1. The summed E-state index contributed by atoms with van der Waals surface area (Å²) in [5.41, 5.74) is 16.6. The van der Waals surface area contributed by atoms with Crippen LogP contribution >= 0.6 is 0 Å². The molecule has 0 bridgehead atoms. The average Bonchev–Trinajstić information content (AvgIpc) is 3.66. The number of carbonyl (C=O) groups is 1. The van der Waals surface area contributed by atoms with Crippen molar-refractivity contribution < 1.29 is 23.0 Å². The second-order valence-electron chi connectivity index (χ2n) is 10.3. The maximum Gasteiger partial charge on any atom is 0.251 e. The summed E-state index contributed by atoms with van der Waals surface area (Å²) in [6.07, 6.45) is 3.65. The number of nitrogens with one attached hydrogen (secondary N) is 1. The zero-order valence-electron chi connectivity index (χ0n) is 22.0. The van der Waals surface area contributed by atoms with E-state index in [1.165, 1.54) is 12.1 Å². The number of fused-ring (bicyclic) bond motifs is 1. The topological polar surface area (TPSA) is 112 Å². The van der Waals surface area contributed by atoms with E-state index in [0.717, 1.165) is 18.4 Å². The normalized spacial score (nSPS) is 17.3. The molecule has 39 heavy (non-hydrogen) atoms. The SMILES string of the molecule is C/C(N)=C/c1cc(C(=O)NCC(CF)c2cc3c(c(-c4ccc(F)cc4)n2)OCC3C)cc(OC2CC2)c1N. The number of halogens is 2. The lowest BCUT2D eigenvalue weighted by atomic mass is 9.96. The summed E-state index contributed by atoms with van der Waals surface area (Å²) in [5.74, 6) is -0.312. The first-order valence-corrected chi connectivity index (χ1v) is 13.0. The highest BCUT2D eigenvalue weighted by molar-refractivity contribution is 5.96. The number of amides is 1. The van der Waals surface area contributed by atoms with Gasteiger partial charge in [0.15, 0.2) is 0 Å². The molecule has 2 heterocycles. The smallest absolute Gasteiger partial charge is 0.251 e. The van der Waals surface area contributed by atoms with Crippen LogP contribution in [0.25, 0.3) is 17.3 Å². The van der Waals surface area contributed by atoms with E-state index < -0.39 is 18.5 Å². The van der Waals surface area contributed by atoms with Crippen LogP contribution in [-0.2, 0) is 0 Å². The number of alkyl halides is 1. The lowest BCUT2D eigenvalue weighted by molar-refractivity contribution is 0.0949. The molecule has 7 nitrogen and oxygen atoms in total. The van der Waals surface area contributed by atoms with Gasteiger partial charge in [-0.3, -0.25) is 9.18 Å². The molecule has 0 saturated heterocycles. The van der Waals surface area contributed by atoms with Crippen molar-refractivity contribution in [3.63, 3.8) is 0 Å². The Morgan fingerprint density at radius 3 is 2.67 bits per heavy atom. The van der Waals surface area contributed by atoms with Crippen molar-refractivity contribution in [1.82, 2.24) is 10.3 Å². The van der Waals surface area contributed by atoms with Crippen LogP contribution in [0.1, 0.15) is 65.7 Å². The average molecular weight is 535 g/mol. The predicted molar refractivity (Wildman–Crippen MR) is 147 cm³/mol. The van der Waals surface area contributed by atoms with Gasteiger partial charge in [-0.15, -0.1) is 0 Å². The van der Waals surface area contributed by atoms with Crippen LogP contribution in [0, 0.1) is 5.82 Å². The number of nitrogens with two attached hydrogens (primary N) is 2. The Morgan fingerprint density at radius 2 is 2.00 bits per heavy atom. The summed E-state index contributed by atoms with van der Waals surface area (Å²) in [5, 5.41) is 2.84. The molecule has 1 aromatic heterocycles. The summed E-state index contributed by atoms with van der Waals surface area (Å²) < 4.78 is 39.7. The van der Waals surface area contributed by atoms with E-state index >= 15 is 0 Å². The van der Waals surface area contributed by atoms with Crippen molar-refractivity contribution >= 4 is 17.7 Å². The lowest BCUT2D eigenvalue weighted by Crippen LogP contribution is -2.30. The quantitative estimate of drug-likeness (QED) is 0.321. The second-order valence-corrected chi connectivity index (χ2v) is 10.3. The van der Waals surface area contributed by atoms with E-state index in [-0.39, 0.29) is 24.4 Å². The molecule has 5 N–H and O–H groups in total. The number of allylic oxidation sites excluding steroid dienone is 1. The molecule has 1 fully saturated rings. The van der Waals surface area contributed by atoms with E-state index in [2.05, 4.69) is 5.32 Å². The molecule has 204 valence electrons. The van der Waals surface area contributed by atoms with Crippen LogP contribution in [0.15, 0.2) is 48.2 Å². The third-order valence-corrected chi connectivity index (χ3v) is 6.90. The largest absolute Gasteiger partial charge is 0.490 e. The number of rotatable bonds is 9. The fourth-order valence-electron chi connectivity index (χ4n) is 4.57. The summed E-state index contributed by atoms with van der Waals surface area (Å²) in [7, 11) is 0. The van der Waals surface area contributed by atoms with Crippen LogP contribution in [0.3, 0.4) is 0 Å². The first-order chi connectivity index (χ1) is 18.7. The minimum Gasteiger partial charge on any atom is -0.490 e. The van der Waals surface area contributed by atoms with Gasteiger partial charge in [-0.2, -0.15) is 0 Å². The number of hydrogen-bond acceptors (Lipinski definition) is 6. The molecule has 9 heteroatoms. The number of hydrogen-bond donors (Lipinski definition) is 3. The van der Waals surface area contributed by atoms with Crippen LogP contribution < -0.4 is 26.3 Å². The maximum atomic E-state index is 14.4. The van der Waals surface area contributed by atoms with Crippen LogP contribution in [0.4, 0.5) is 14.5 Å². The minimum absolute atomic E-state index is 0.0174. The monoisotopic (exact) mass is 534 g/mol. The number of carbonyl (C=O) groups excluding carboxylic acids is 1. The Morgan fingerprint density at radius 1 is 1.26 bits per heavy atom. The third kappa shape index (κ3) is 5.82. The molecule has 1 saturated carbocycles. The van der Waals surface area contributed by atoms with Crippen LogP contribution in [0.2, 0.25) is 0 Å². The van der Waals surface area contributed by atoms with E-state index in [0.29, 0.717) is 57.6 Å². The lowest BCUT2D eigenvalue weighted by Gasteiger charge is -2.18. The number of ether oxygens (including phenoxy) is 2. The molecule has 2 aliphatic rings. The number of benzene rings is 2. The summed E-state index contributed by atoms with van der Waals surface area (Å²) in [4.78, 5) is 17.9. The number of nitrogen functional groups attached to an aromatic ring is 1. The van der Waals surface area contributed by atoms with Gasteiger partial charge in [0, 0.05) is 52.0 Å². The van der Waals surface area contributed by atoms with Crippen LogP contribution in [-0.4, -0.2) is 36.8 Å². The second kappa shape index (κ2) is 10.9. The molecular weight excluding hydrogens is 502 g/mol. The van der Waals surface area contributed by atoms with Gasteiger partial charge in [0.2, 0.25) is 0 Å². The van der Waals surface area contributed by atoms with Gasteiger partial charge in [0.25, 0.3) is 5.91 Å². The molecule has 2 atom stereocenters. The van der Waals surface area contributed by atoms with E-state index in [9.17, 15) is 13.6 Å². The number of nitrogens with zero attached hydrogens (tertiary/aromatic N) is 1. The fraction of sp³-hybridized carbons (Fsp3) is 0.333. The Labute approximate surface area is 226 Å². The van der Waals surface area contributed by atoms with Gasteiger partial charge >= 0.3 is 0 Å². The molecule has 2 aromatic carbocycles. The predicted octanol–water partition coefficient (Wildman–Crippen LogP) is 5.31.